The van der Waals surface area contributed by atoms with Crippen molar-refractivity contribution in [1.29, 1.82) is 0 Å². The van der Waals surface area contributed by atoms with Crippen LogP contribution in [-0.4, -0.2) is 27.0 Å². The zero-order valence-electron chi connectivity index (χ0n) is 13.1. The molecule has 0 spiro atoms. The number of nitrogens with zero attached hydrogens (tertiary/aromatic N) is 4. The van der Waals surface area contributed by atoms with Gasteiger partial charge in [-0.3, -0.25) is 0 Å². The first-order valence-electron chi connectivity index (χ1n) is 7.68. The maximum Gasteiger partial charge on any atom is 0.197 e. The van der Waals surface area contributed by atoms with E-state index in [9.17, 15) is 4.39 Å². The maximum atomic E-state index is 13.7. The fraction of sp³-hybridized carbons (Fsp3) is 0.222. The summed E-state index contributed by atoms with van der Waals surface area (Å²) in [6.45, 7) is 0. The van der Waals surface area contributed by atoms with E-state index in [1.54, 1.807) is 44.0 Å². The van der Waals surface area contributed by atoms with Gasteiger partial charge < -0.3 is 4.74 Å². The second kappa shape index (κ2) is 5.96. The molecule has 0 N–H and O–H groups in total. The van der Waals surface area contributed by atoms with Crippen LogP contribution in [-0.2, 0) is 0 Å². The van der Waals surface area contributed by atoms with E-state index in [1.807, 2.05) is 6.07 Å². The van der Waals surface area contributed by atoms with Gasteiger partial charge in [0.25, 0.3) is 0 Å². The molecule has 6 heteroatoms. The molecule has 24 heavy (non-hydrogen) atoms. The Kier molecular flexibility index (Phi) is 3.65. The molecule has 1 aliphatic rings. The monoisotopic (exact) mass is 322 g/mol. The van der Waals surface area contributed by atoms with Gasteiger partial charge in [0.2, 0.25) is 0 Å². The molecule has 3 aromatic rings. The van der Waals surface area contributed by atoms with Gasteiger partial charge in [0.15, 0.2) is 11.6 Å². The van der Waals surface area contributed by atoms with Gasteiger partial charge in [-0.1, -0.05) is 0 Å². The van der Waals surface area contributed by atoms with Crippen molar-refractivity contribution in [2.75, 3.05) is 7.11 Å². The Hall–Kier alpha value is -2.89. The van der Waals surface area contributed by atoms with Gasteiger partial charge in [0.1, 0.15) is 11.6 Å². The number of benzene rings is 1. The number of hydrogen-bond donors (Lipinski definition) is 0. The Morgan fingerprint density at radius 1 is 0.917 bits per heavy atom. The molecule has 0 amide bonds. The van der Waals surface area contributed by atoms with Crippen LogP contribution in [0.5, 0.6) is 5.75 Å². The van der Waals surface area contributed by atoms with Gasteiger partial charge in [0, 0.05) is 30.9 Å². The molecule has 0 bridgehead atoms. The lowest BCUT2D eigenvalue weighted by Crippen LogP contribution is -1.96. The highest BCUT2D eigenvalue weighted by molar-refractivity contribution is 5.43. The molecule has 1 aliphatic carbocycles. The quantitative estimate of drug-likeness (QED) is 0.737. The summed E-state index contributed by atoms with van der Waals surface area (Å²) in [6, 6.07) is 6.60. The van der Waals surface area contributed by atoms with Crippen LogP contribution in [0.1, 0.15) is 29.4 Å². The Labute approximate surface area is 138 Å². The molecule has 0 saturated heterocycles. The van der Waals surface area contributed by atoms with Gasteiger partial charge in [0.05, 0.1) is 7.11 Å². The molecule has 0 aliphatic heterocycles. The van der Waals surface area contributed by atoms with Crippen LogP contribution in [0.15, 0.2) is 49.1 Å². The van der Waals surface area contributed by atoms with Gasteiger partial charge in [-0.2, -0.15) is 0 Å². The van der Waals surface area contributed by atoms with Crippen molar-refractivity contribution in [2.24, 2.45) is 0 Å². The van der Waals surface area contributed by atoms with Crippen molar-refractivity contribution in [3.05, 3.63) is 66.0 Å². The Morgan fingerprint density at radius 2 is 1.58 bits per heavy atom. The van der Waals surface area contributed by atoms with E-state index in [1.165, 1.54) is 6.07 Å². The van der Waals surface area contributed by atoms with Gasteiger partial charge in [-0.15, -0.1) is 0 Å². The zero-order chi connectivity index (χ0) is 16.5. The van der Waals surface area contributed by atoms with Crippen molar-refractivity contribution in [3.63, 3.8) is 0 Å². The highest BCUT2D eigenvalue weighted by Crippen LogP contribution is 2.54. The number of ether oxygens (including phenoxy) is 1. The molecule has 2 heterocycles. The molecule has 120 valence electrons. The van der Waals surface area contributed by atoms with Crippen LogP contribution < -0.4 is 4.74 Å². The number of aromatic nitrogens is 4. The number of halogens is 1. The molecule has 1 aromatic carbocycles. The summed E-state index contributed by atoms with van der Waals surface area (Å²) in [4.78, 5) is 17.0. The van der Waals surface area contributed by atoms with Crippen LogP contribution >= 0.6 is 0 Å². The molecule has 2 unspecified atom stereocenters. The lowest BCUT2D eigenvalue weighted by molar-refractivity contribution is 0.410. The van der Waals surface area contributed by atoms with E-state index in [0.29, 0.717) is 23.3 Å². The first-order valence-corrected chi connectivity index (χ1v) is 7.68. The number of methoxy groups -OCH3 is 1. The predicted octanol–water partition coefficient (Wildman–Crippen LogP) is 3.35. The second-order valence-corrected chi connectivity index (χ2v) is 5.79. The average molecular weight is 322 g/mol. The number of rotatable bonds is 4. The van der Waals surface area contributed by atoms with E-state index in [2.05, 4.69) is 19.9 Å². The Balaban J connectivity index is 1.53. The van der Waals surface area contributed by atoms with E-state index in [-0.39, 0.29) is 11.7 Å². The molecule has 5 nitrogen and oxygen atoms in total. The van der Waals surface area contributed by atoms with E-state index >= 15 is 0 Å². The largest absolute Gasteiger partial charge is 0.497 e. The summed E-state index contributed by atoms with van der Waals surface area (Å²) in [5.74, 6) is 1.86. The minimum Gasteiger partial charge on any atom is -0.497 e. The third kappa shape index (κ3) is 2.82. The van der Waals surface area contributed by atoms with Gasteiger partial charge in [-0.05, 0) is 47.6 Å². The molecular weight excluding hydrogens is 307 g/mol. The highest BCUT2D eigenvalue weighted by Gasteiger charge is 2.40. The molecule has 2 aromatic heterocycles. The topological polar surface area (TPSA) is 60.8 Å². The normalized spacial score (nSPS) is 19.1. The maximum absolute atomic E-state index is 13.7. The van der Waals surface area contributed by atoms with E-state index in [4.69, 9.17) is 4.74 Å². The van der Waals surface area contributed by atoms with Crippen LogP contribution in [0.3, 0.4) is 0 Å². The van der Waals surface area contributed by atoms with Crippen molar-refractivity contribution >= 4 is 0 Å². The van der Waals surface area contributed by atoms with Gasteiger partial charge >= 0.3 is 0 Å². The summed E-state index contributed by atoms with van der Waals surface area (Å²) in [5.41, 5.74) is 2.00. The summed E-state index contributed by atoms with van der Waals surface area (Å²) in [5, 5.41) is 0. The number of hydrogen-bond acceptors (Lipinski definition) is 5. The van der Waals surface area contributed by atoms with Crippen molar-refractivity contribution in [1.82, 2.24) is 19.9 Å². The Morgan fingerprint density at radius 3 is 2.29 bits per heavy atom. The molecule has 1 fully saturated rings. The first kappa shape index (κ1) is 14.7. The van der Waals surface area contributed by atoms with Crippen molar-refractivity contribution in [3.8, 4) is 17.4 Å². The summed E-state index contributed by atoms with van der Waals surface area (Å²) in [7, 11) is 1.54. The smallest absolute Gasteiger partial charge is 0.197 e. The second-order valence-electron chi connectivity index (χ2n) is 5.79. The summed E-state index contributed by atoms with van der Waals surface area (Å²) >= 11 is 0. The molecule has 2 atom stereocenters. The highest BCUT2D eigenvalue weighted by atomic mass is 19.1. The average Bonchev–Trinajstić information content (AvgIpc) is 3.43. The molecule has 4 rings (SSSR count). The predicted molar refractivity (Wildman–Crippen MR) is 86.1 cm³/mol. The lowest BCUT2D eigenvalue weighted by atomic mass is 10.1. The van der Waals surface area contributed by atoms with Crippen LogP contribution in [0.25, 0.3) is 11.6 Å². The lowest BCUT2D eigenvalue weighted by Gasteiger charge is -2.05. The minimum atomic E-state index is -0.275. The van der Waals surface area contributed by atoms with Crippen LogP contribution in [0.4, 0.5) is 4.39 Å². The third-order valence-corrected chi connectivity index (χ3v) is 4.21. The van der Waals surface area contributed by atoms with Gasteiger partial charge in [-0.25, -0.2) is 24.3 Å². The van der Waals surface area contributed by atoms with Crippen LogP contribution in [0.2, 0.25) is 0 Å². The summed E-state index contributed by atoms with van der Waals surface area (Å²) < 4.78 is 18.8. The first-order chi connectivity index (χ1) is 11.7. The molecule has 1 saturated carbocycles. The van der Waals surface area contributed by atoms with Crippen LogP contribution in [0, 0.1) is 5.82 Å². The fourth-order valence-corrected chi connectivity index (χ4v) is 2.91. The standard InChI is InChI=1S/C18H15FN4O/c1-24-14-6-11(5-13(19)7-14)15-8-16(15)12-9-22-18(23-10-12)17-20-3-2-4-21-17/h2-7,9-10,15-16H,8H2,1H3. The molecular formula is C18H15FN4O. The minimum absolute atomic E-state index is 0.275. The zero-order valence-corrected chi connectivity index (χ0v) is 13.1. The SMILES string of the molecule is COc1cc(F)cc(C2CC2c2cnc(-c3ncccn3)nc2)c1. The van der Waals surface area contributed by atoms with E-state index < -0.39 is 0 Å². The third-order valence-electron chi connectivity index (χ3n) is 4.21. The summed E-state index contributed by atoms with van der Waals surface area (Å²) in [6.07, 6.45) is 7.89. The molecule has 0 radical (unpaired) electrons. The fourth-order valence-electron chi connectivity index (χ4n) is 2.91. The van der Waals surface area contributed by atoms with Crippen molar-refractivity contribution < 1.29 is 9.13 Å². The van der Waals surface area contributed by atoms with E-state index in [0.717, 1.165) is 17.5 Å². The Bertz CT molecular complexity index is 855. The van der Waals surface area contributed by atoms with Crippen molar-refractivity contribution in [2.45, 2.75) is 18.3 Å².